The summed E-state index contributed by atoms with van der Waals surface area (Å²) in [5, 5.41) is 9.36. The number of ether oxygens (including phenoxy) is 1. The van der Waals surface area contributed by atoms with Crippen LogP contribution in [0.4, 0.5) is 10.5 Å². The van der Waals surface area contributed by atoms with Gasteiger partial charge in [0, 0.05) is 18.2 Å². The third-order valence-electron chi connectivity index (χ3n) is 4.52. The van der Waals surface area contributed by atoms with E-state index in [0.29, 0.717) is 5.69 Å². The number of cyclic esters (lactones) is 1. The number of hydrogen-bond donors (Lipinski definition) is 1. The molecule has 0 spiro atoms. The highest BCUT2D eigenvalue weighted by molar-refractivity contribution is 7.92. The predicted molar refractivity (Wildman–Crippen MR) is 96.8 cm³/mol. The SMILES string of the molecule is CC#Cc1ccc(N2C[C@H](C[C@](C)(C(=O)O)S(C)(=O)=O)OC2=O)c(C)c1. The number of sulfone groups is 1. The monoisotopic (exact) mass is 379 g/mol. The molecule has 0 saturated carbocycles. The molecule has 1 heterocycles. The van der Waals surface area contributed by atoms with E-state index in [1.807, 2.05) is 13.0 Å². The third kappa shape index (κ3) is 3.68. The standard InChI is InChI=1S/C18H21NO6S/c1-5-6-13-7-8-15(12(2)9-13)19-11-14(25-17(19)22)10-18(3,16(20)21)26(4,23)24/h7-9,14H,10-11H2,1-4H3,(H,20,21)/t14-,18+/m0/s1. The summed E-state index contributed by atoms with van der Waals surface area (Å²) in [6, 6.07) is 5.35. The van der Waals surface area contributed by atoms with Crippen LogP contribution < -0.4 is 4.90 Å². The zero-order valence-corrected chi connectivity index (χ0v) is 15.9. The molecule has 1 aliphatic heterocycles. The number of aryl methyl sites for hydroxylation is 1. The maximum absolute atomic E-state index is 12.2. The number of carboxylic acid groups (broad SMARTS) is 1. The van der Waals surface area contributed by atoms with E-state index in [4.69, 9.17) is 4.74 Å². The molecular weight excluding hydrogens is 358 g/mol. The molecule has 1 amide bonds. The van der Waals surface area contributed by atoms with Crippen molar-refractivity contribution in [2.24, 2.45) is 0 Å². The lowest BCUT2D eigenvalue weighted by Crippen LogP contribution is -2.46. The summed E-state index contributed by atoms with van der Waals surface area (Å²) in [5.41, 5.74) is 2.25. The Balaban J connectivity index is 2.26. The van der Waals surface area contributed by atoms with Crippen molar-refractivity contribution in [3.63, 3.8) is 0 Å². The Bertz CT molecular complexity index is 911. The smallest absolute Gasteiger partial charge is 0.414 e. The lowest BCUT2D eigenvalue weighted by Gasteiger charge is -2.24. The van der Waals surface area contributed by atoms with Crippen LogP contribution in [0.2, 0.25) is 0 Å². The van der Waals surface area contributed by atoms with Crippen LogP contribution in [0.15, 0.2) is 18.2 Å². The fourth-order valence-electron chi connectivity index (χ4n) is 2.84. The number of hydrogen-bond acceptors (Lipinski definition) is 5. The summed E-state index contributed by atoms with van der Waals surface area (Å²) < 4.78 is 27.1. The Hall–Kier alpha value is -2.53. The highest BCUT2D eigenvalue weighted by Gasteiger charge is 2.48. The highest BCUT2D eigenvalue weighted by Crippen LogP contribution is 2.31. The molecule has 1 fully saturated rings. The molecule has 1 aromatic carbocycles. The van der Waals surface area contributed by atoms with Crippen LogP contribution in [0.25, 0.3) is 0 Å². The van der Waals surface area contributed by atoms with E-state index in [1.165, 1.54) is 4.90 Å². The molecule has 0 radical (unpaired) electrons. The van der Waals surface area contributed by atoms with Crippen LogP contribution in [-0.4, -0.2) is 49.2 Å². The number of anilines is 1. The van der Waals surface area contributed by atoms with Crippen molar-refractivity contribution in [1.29, 1.82) is 0 Å². The topological polar surface area (TPSA) is 101 Å². The van der Waals surface area contributed by atoms with E-state index in [2.05, 4.69) is 11.8 Å². The first kappa shape index (κ1) is 19.8. The Labute approximate surface area is 152 Å². The van der Waals surface area contributed by atoms with E-state index in [0.717, 1.165) is 24.3 Å². The quantitative estimate of drug-likeness (QED) is 0.785. The average Bonchev–Trinajstić information content (AvgIpc) is 2.86. The van der Waals surface area contributed by atoms with Gasteiger partial charge >= 0.3 is 12.1 Å². The van der Waals surface area contributed by atoms with E-state index in [9.17, 15) is 23.1 Å². The van der Waals surface area contributed by atoms with E-state index in [1.54, 1.807) is 19.1 Å². The fourth-order valence-corrected chi connectivity index (χ4v) is 3.64. The van der Waals surface area contributed by atoms with Crippen molar-refractivity contribution in [3.8, 4) is 11.8 Å². The molecule has 140 valence electrons. The molecule has 26 heavy (non-hydrogen) atoms. The lowest BCUT2D eigenvalue weighted by molar-refractivity contribution is -0.140. The van der Waals surface area contributed by atoms with Gasteiger partial charge in [0.15, 0.2) is 14.6 Å². The van der Waals surface area contributed by atoms with Crippen LogP contribution in [0, 0.1) is 18.8 Å². The average molecular weight is 379 g/mol. The number of rotatable bonds is 5. The van der Waals surface area contributed by atoms with Gasteiger partial charge in [-0.1, -0.05) is 5.92 Å². The first-order chi connectivity index (χ1) is 12.0. The first-order valence-electron chi connectivity index (χ1n) is 7.94. The first-order valence-corrected chi connectivity index (χ1v) is 9.83. The molecule has 1 N–H and O–H groups in total. The number of carbonyl (C=O) groups is 2. The van der Waals surface area contributed by atoms with Gasteiger partial charge in [-0.2, -0.15) is 0 Å². The highest BCUT2D eigenvalue weighted by atomic mass is 32.2. The molecule has 1 aliphatic rings. The zero-order chi connectivity index (χ0) is 19.7. The fraction of sp³-hybridized carbons (Fsp3) is 0.444. The molecule has 0 unspecified atom stereocenters. The van der Waals surface area contributed by atoms with E-state index >= 15 is 0 Å². The van der Waals surface area contributed by atoms with Gasteiger partial charge in [-0.05, 0) is 44.5 Å². The predicted octanol–water partition coefficient (Wildman–Crippen LogP) is 1.97. The molecular formula is C18H21NO6S. The maximum Gasteiger partial charge on any atom is 0.414 e. The number of benzene rings is 1. The van der Waals surface area contributed by atoms with E-state index in [-0.39, 0.29) is 13.0 Å². The Kier molecular flexibility index (Phi) is 5.33. The summed E-state index contributed by atoms with van der Waals surface area (Å²) in [5.74, 6) is 4.26. The van der Waals surface area contributed by atoms with Gasteiger partial charge in [0.25, 0.3) is 0 Å². The summed E-state index contributed by atoms with van der Waals surface area (Å²) >= 11 is 0. The van der Waals surface area contributed by atoms with Crippen LogP contribution in [0.5, 0.6) is 0 Å². The number of carbonyl (C=O) groups excluding carboxylic acids is 1. The Morgan fingerprint density at radius 2 is 2.12 bits per heavy atom. The maximum atomic E-state index is 12.2. The second-order valence-electron chi connectivity index (χ2n) is 6.50. The second kappa shape index (κ2) is 7.00. The summed E-state index contributed by atoms with van der Waals surface area (Å²) in [7, 11) is -3.90. The summed E-state index contributed by atoms with van der Waals surface area (Å²) in [6.07, 6.45) is -0.920. The number of nitrogens with zero attached hydrogens (tertiary/aromatic N) is 1. The molecule has 7 nitrogen and oxygen atoms in total. The lowest BCUT2D eigenvalue weighted by atomic mass is 10.0. The van der Waals surface area contributed by atoms with Crippen molar-refractivity contribution in [1.82, 2.24) is 0 Å². The van der Waals surface area contributed by atoms with Gasteiger partial charge in [-0.3, -0.25) is 9.69 Å². The summed E-state index contributed by atoms with van der Waals surface area (Å²) in [6.45, 7) is 4.77. The van der Waals surface area contributed by atoms with Crippen molar-refractivity contribution in [3.05, 3.63) is 29.3 Å². The van der Waals surface area contributed by atoms with Crippen LogP contribution >= 0.6 is 0 Å². The normalized spacial score (nSPS) is 19.3. The summed E-state index contributed by atoms with van der Waals surface area (Å²) in [4.78, 5) is 25.1. The van der Waals surface area contributed by atoms with Gasteiger partial charge in [-0.25, -0.2) is 13.2 Å². The van der Waals surface area contributed by atoms with Crippen LogP contribution in [-0.2, 0) is 19.4 Å². The molecule has 0 bridgehead atoms. The van der Waals surface area contributed by atoms with Gasteiger partial charge in [0.05, 0.1) is 12.2 Å². The van der Waals surface area contributed by atoms with Gasteiger partial charge in [0.2, 0.25) is 0 Å². The van der Waals surface area contributed by atoms with Crippen molar-refractivity contribution in [2.45, 2.75) is 38.0 Å². The minimum Gasteiger partial charge on any atom is -0.480 e. The molecule has 8 heteroatoms. The largest absolute Gasteiger partial charge is 0.480 e. The zero-order valence-electron chi connectivity index (χ0n) is 15.1. The van der Waals surface area contributed by atoms with E-state index < -0.39 is 32.8 Å². The molecule has 0 aromatic heterocycles. The minimum atomic E-state index is -3.90. The second-order valence-corrected chi connectivity index (χ2v) is 8.95. The number of aliphatic carboxylic acids is 1. The number of carboxylic acids is 1. The Morgan fingerprint density at radius 3 is 2.62 bits per heavy atom. The van der Waals surface area contributed by atoms with Crippen molar-refractivity contribution >= 4 is 27.6 Å². The van der Waals surface area contributed by atoms with Crippen molar-refractivity contribution < 1.29 is 27.9 Å². The Morgan fingerprint density at radius 1 is 1.46 bits per heavy atom. The van der Waals surface area contributed by atoms with Gasteiger partial charge in [0.1, 0.15) is 6.10 Å². The van der Waals surface area contributed by atoms with Crippen molar-refractivity contribution in [2.75, 3.05) is 17.7 Å². The van der Waals surface area contributed by atoms with Gasteiger partial charge in [-0.15, -0.1) is 5.92 Å². The van der Waals surface area contributed by atoms with Crippen LogP contribution in [0.3, 0.4) is 0 Å². The number of amides is 1. The molecule has 0 aliphatic carbocycles. The molecule has 2 rings (SSSR count). The minimum absolute atomic E-state index is 0.0802. The molecule has 1 saturated heterocycles. The molecule has 2 atom stereocenters. The third-order valence-corrected chi connectivity index (χ3v) is 6.50. The van der Waals surface area contributed by atoms with Gasteiger partial charge < -0.3 is 9.84 Å². The molecule has 1 aromatic rings. The van der Waals surface area contributed by atoms with Crippen LogP contribution in [0.1, 0.15) is 31.4 Å².